The Morgan fingerprint density at radius 3 is 2.81 bits per heavy atom. The summed E-state index contributed by atoms with van der Waals surface area (Å²) in [6.45, 7) is 2.00. The topological polar surface area (TPSA) is 75.4 Å². The van der Waals surface area contributed by atoms with E-state index < -0.39 is 0 Å². The first-order chi connectivity index (χ1) is 7.58. The molecule has 1 saturated heterocycles. The first kappa shape index (κ1) is 10.5. The number of benzene rings is 1. The van der Waals surface area contributed by atoms with Crippen LogP contribution in [0.5, 0.6) is 0 Å². The zero-order chi connectivity index (χ0) is 11.7. The van der Waals surface area contributed by atoms with Crippen LogP contribution in [-0.2, 0) is 9.59 Å². The molecule has 5 heteroatoms. The number of aryl methyl sites for hydroxylation is 1. The number of nitrogens with zero attached hydrogens (tertiary/aromatic N) is 1. The average molecular weight is 219 g/mol. The summed E-state index contributed by atoms with van der Waals surface area (Å²) in [5, 5.41) is 2.51. The number of nitrogens with two attached hydrogens (primary N) is 1. The van der Waals surface area contributed by atoms with Crippen molar-refractivity contribution in [1.82, 2.24) is 5.32 Å². The van der Waals surface area contributed by atoms with Gasteiger partial charge in [0.2, 0.25) is 11.8 Å². The summed E-state index contributed by atoms with van der Waals surface area (Å²) in [5.74, 6) is -0.247. The highest BCUT2D eigenvalue weighted by molar-refractivity contribution is 6.05. The maximum absolute atomic E-state index is 11.7. The van der Waals surface area contributed by atoms with Gasteiger partial charge in [0.05, 0.1) is 6.54 Å². The Hall–Kier alpha value is -2.04. The van der Waals surface area contributed by atoms with E-state index in [4.69, 9.17) is 5.73 Å². The second kappa shape index (κ2) is 3.84. The molecule has 3 N–H and O–H groups in total. The van der Waals surface area contributed by atoms with Crippen molar-refractivity contribution < 1.29 is 9.59 Å². The van der Waals surface area contributed by atoms with Crippen molar-refractivity contribution in [2.24, 2.45) is 0 Å². The molecule has 0 aromatic heterocycles. The van der Waals surface area contributed by atoms with E-state index in [2.05, 4.69) is 5.32 Å². The summed E-state index contributed by atoms with van der Waals surface area (Å²) in [4.78, 5) is 24.4. The van der Waals surface area contributed by atoms with Gasteiger partial charge in [-0.25, -0.2) is 0 Å². The van der Waals surface area contributed by atoms with Gasteiger partial charge in [-0.15, -0.1) is 0 Å². The van der Waals surface area contributed by atoms with Crippen molar-refractivity contribution >= 4 is 23.2 Å². The number of hydrogen-bond donors (Lipinski definition) is 2. The molecule has 1 aromatic carbocycles. The number of amides is 2. The molecule has 0 saturated carbocycles. The van der Waals surface area contributed by atoms with Crippen LogP contribution in [0.4, 0.5) is 11.4 Å². The molecule has 1 fully saturated rings. The van der Waals surface area contributed by atoms with Gasteiger partial charge in [-0.1, -0.05) is 0 Å². The normalized spacial score (nSPS) is 16.2. The van der Waals surface area contributed by atoms with E-state index in [0.717, 1.165) is 11.3 Å². The number of anilines is 2. The highest BCUT2D eigenvalue weighted by Gasteiger charge is 2.25. The Morgan fingerprint density at radius 2 is 2.12 bits per heavy atom. The number of piperazine rings is 1. The van der Waals surface area contributed by atoms with Crippen LogP contribution >= 0.6 is 0 Å². The predicted octanol–water partition coefficient (Wildman–Crippen LogP) is 0.0400. The largest absolute Gasteiger partial charge is 0.399 e. The maximum Gasteiger partial charge on any atom is 0.246 e. The standard InChI is InChI=1S/C11H13N3O2/c1-7-4-8(12)2-3-9(7)14-6-10(15)13-5-11(14)16/h2-4H,5-6,12H2,1H3,(H,13,15). The van der Waals surface area contributed by atoms with E-state index >= 15 is 0 Å². The van der Waals surface area contributed by atoms with Gasteiger partial charge in [-0.3, -0.25) is 9.59 Å². The van der Waals surface area contributed by atoms with Crippen LogP contribution in [-0.4, -0.2) is 24.9 Å². The third-order valence-corrected chi connectivity index (χ3v) is 2.55. The Labute approximate surface area is 93.2 Å². The summed E-state index contributed by atoms with van der Waals surface area (Å²) >= 11 is 0. The monoisotopic (exact) mass is 219 g/mol. The van der Waals surface area contributed by atoms with Gasteiger partial charge in [-0.2, -0.15) is 0 Å². The third-order valence-electron chi connectivity index (χ3n) is 2.55. The molecule has 0 spiro atoms. The number of carbonyl (C=O) groups excluding carboxylic acids is 2. The minimum atomic E-state index is -0.143. The quantitative estimate of drug-likeness (QED) is 0.655. The third kappa shape index (κ3) is 1.84. The average Bonchev–Trinajstić information content (AvgIpc) is 2.22. The van der Waals surface area contributed by atoms with E-state index in [1.165, 1.54) is 4.90 Å². The molecule has 5 nitrogen and oxygen atoms in total. The van der Waals surface area contributed by atoms with Crippen LogP contribution in [0.2, 0.25) is 0 Å². The van der Waals surface area contributed by atoms with Crippen molar-refractivity contribution in [3.8, 4) is 0 Å². The van der Waals surface area contributed by atoms with Gasteiger partial charge >= 0.3 is 0 Å². The second-order valence-corrected chi connectivity index (χ2v) is 3.80. The van der Waals surface area contributed by atoms with Crippen LogP contribution < -0.4 is 16.0 Å². The molecule has 16 heavy (non-hydrogen) atoms. The smallest absolute Gasteiger partial charge is 0.246 e. The zero-order valence-electron chi connectivity index (χ0n) is 8.99. The number of nitrogens with one attached hydrogen (secondary N) is 1. The van der Waals surface area contributed by atoms with Crippen molar-refractivity contribution in [2.75, 3.05) is 23.7 Å². The minimum Gasteiger partial charge on any atom is -0.399 e. The summed E-state index contributed by atoms with van der Waals surface area (Å²) < 4.78 is 0. The van der Waals surface area contributed by atoms with E-state index in [1.54, 1.807) is 18.2 Å². The lowest BCUT2D eigenvalue weighted by atomic mass is 10.1. The van der Waals surface area contributed by atoms with Crippen LogP contribution in [0.3, 0.4) is 0 Å². The lowest BCUT2D eigenvalue weighted by molar-refractivity contribution is -0.128. The number of nitrogen functional groups attached to an aromatic ring is 1. The molecule has 1 heterocycles. The zero-order valence-corrected chi connectivity index (χ0v) is 8.99. The fourth-order valence-corrected chi connectivity index (χ4v) is 1.76. The van der Waals surface area contributed by atoms with Gasteiger partial charge < -0.3 is 16.0 Å². The van der Waals surface area contributed by atoms with Crippen molar-refractivity contribution in [3.63, 3.8) is 0 Å². The van der Waals surface area contributed by atoms with Gasteiger partial charge in [0.15, 0.2) is 0 Å². The van der Waals surface area contributed by atoms with E-state index in [0.29, 0.717) is 5.69 Å². The molecular formula is C11H13N3O2. The van der Waals surface area contributed by atoms with Crippen LogP contribution in [0.1, 0.15) is 5.56 Å². The van der Waals surface area contributed by atoms with E-state index in [9.17, 15) is 9.59 Å². The van der Waals surface area contributed by atoms with Gasteiger partial charge in [0.25, 0.3) is 0 Å². The first-order valence-corrected chi connectivity index (χ1v) is 5.01. The molecule has 0 bridgehead atoms. The fourth-order valence-electron chi connectivity index (χ4n) is 1.76. The van der Waals surface area contributed by atoms with Crippen molar-refractivity contribution in [2.45, 2.75) is 6.92 Å². The molecule has 0 atom stereocenters. The minimum absolute atomic E-state index is 0.0582. The molecule has 1 aliphatic heterocycles. The summed E-state index contributed by atoms with van der Waals surface area (Å²) in [5.41, 5.74) is 7.92. The van der Waals surface area contributed by atoms with Crippen LogP contribution in [0.25, 0.3) is 0 Å². The van der Waals surface area contributed by atoms with Crippen LogP contribution in [0, 0.1) is 6.92 Å². The summed E-state index contributed by atoms with van der Waals surface area (Å²) in [6.07, 6.45) is 0. The Kier molecular flexibility index (Phi) is 2.52. The molecule has 84 valence electrons. The van der Waals surface area contributed by atoms with Crippen molar-refractivity contribution in [3.05, 3.63) is 23.8 Å². The predicted molar refractivity (Wildman–Crippen MR) is 61.0 cm³/mol. The lowest BCUT2D eigenvalue weighted by Crippen LogP contribution is -2.51. The van der Waals surface area contributed by atoms with Gasteiger partial charge in [0, 0.05) is 11.4 Å². The van der Waals surface area contributed by atoms with Crippen LogP contribution in [0.15, 0.2) is 18.2 Å². The molecule has 0 aliphatic carbocycles. The molecule has 2 rings (SSSR count). The van der Waals surface area contributed by atoms with Gasteiger partial charge in [-0.05, 0) is 30.7 Å². The van der Waals surface area contributed by atoms with E-state index in [-0.39, 0.29) is 24.9 Å². The summed E-state index contributed by atoms with van der Waals surface area (Å²) in [7, 11) is 0. The Morgan fingerprint density at radius 1 is 1.38 bits per heavy atom. The molecule has 0 unspecified atom stereocenters. The summed E-state index contributed by atoms with van der Waals surface area (Å²) in [6, 6.07) is 5.28. The molecule has 2 amide bonds. The SMILES string of the molecule is Cc1cc(N)ccc1N1CC(=O)NCC1=O. The van der Waals surface area contributed by atoms with E-state index in [1.807, 2.05) is 6.92 Å². The number of carbonyl (C=O) groups is 2. The molecule has 1 aromatic rings. The first-order valence-electron chi connectivity index (χ1n) is 5.01. The lowest BCUT2D eigenvalue weighted by Gasteiger charge is -2.28. The molecule has 1 aliphatic rings. The van der Waals surface area contributed by atoms with Gasteiger partial charge in [0.1, 0.15) is 6.54 Å². The number of hydrogen-bond acceptors (Lipinski definition) is 3. The maximum atomic E-state index is 11.7. The second-order valence-electron chi connectivity index (χ2n) is 3.80. The fraction of sp³-hybridized carbons (Fsp3) is 0.273. The highest BCUT2D eigenvalue weighted by Crippen LogP contribution is 2.23. The number of rotatable bonds is 1. The Balaban J connectivity index is 2.35. The van der Waals surface area contributed by atoms with Crippen molar-refractivity contribution in [1.29, 1.82) is 0 Å². The Bertz CT molecular complexity index is 457. The molecule has 0 radical (unpaired) electrons. The molecular weight excluding hydrogens is 206 g/mol. The highest BCUT2D eigenvalue weighted by atomic mass is 16.2.